The molecule has 4 heteroatoms. The molecule has 1 heterocycles. The van der Waals surface area contributed by atoms with Gasteiger partial charge < -0.3 is 0 Å². The molecule has 1 N–H and O–H groups in total. The Morgan fingerprint density at radius 1 is 1.89 bits per heavy atom. The molecule has 0 unspecified atom stereocenters. The van der Waals surface area contributed by atoms with Gasteiger partial charge >= 0.3 is 0 Å². The molecule has 0 atom stereocenters. The monoisotopic (exact) mass is 123 g/mol. The van der Waals surface area contributed by atoms with E-state index >= 15 is 0 Å². The van der Waals surface area contributed by atoms with Gasteiger partial charge in [0.25, 0.3) is 0 Å². The van der Waals surface area contributed by atoms with Gasteiger partial charge in [-0.3, -0.25) is 10.1 Å². The standard InChI is InChI=1S/C5H5N3O/c1-4(9)8-5-6-2-3-7-5/h2H,1H3,(H,7,8,9). The molecular weight excluding hydrogens is 118 g/mol. The minimum Gasteiger partial charge on any atom is -0.295 e. The summed E-state index contributed by atoms with van der Waals surface area (Å²) in [5.74, 6) is 0.136. The zero-order chi connectivity index (χ0) is 6.69. The third kappa shape index (κ3) is 1.56. The van der Waals surface area contributed by atoms with Crippen LogP contribution in [0.5, 0.6) is 0 Å². The summed E-state index contributed by atoms with van der Waals surface area (Å²) < 4.78 is 0. The zero-order valence-corrected chi connectivity index (χ0v) is 4.88. The van der Waals surface area contributed by atoms with Crippen molar-refractivity contribution in [1.82, 2.24) is 10.6 Å². The molecule has 0 spiro atoms. The van der Waals surface area contributed by atoms with Gasteiger partial charge in [-0.1, -0.05) is 0 Å². The van der Waals surface area contributed by atoms with Gasteiger partial charge in [0.05, 0.1) is 6.20 Å². The van der Waals surface area contributed by atoms with E-state index in [2.05, 4.69) is 21.8 Å². The van der Waals surface area contributed by atoms with Gasteiger partial charge in [0, 0.05) is 6.92 Å². The Balaban J connectivity index is 2.39. The average Bonchev–Trinajstić information content (AvgIpc) is 2.15. The molecule has 0 aromatic rings. The smallest absolute Gasteiger partial charge is 0.230 e. The first-order chi connectivity index (χ1) is 4.29. The molecule has 0 saturated heterocycles. The number of aliphatic imine (C=N–C) groups is 1. The number of nitrogens with zero attached hydrogens (tertiary/aromatic N) is 2. The van der Waals surface area contributed by atoms with Crippen LogP contribution < -0.4 is 10.6 Å². The van der Waals surface area contributed by atoms with Crippen molar-refractivity contribution < 1.29 is 4.79 Å². The summed E-state index contributed by atoms with van der Waals surface area (Å²) in [5.41, 5.74) is 0. The predicted molar refractivity (Wildman–Crippen MR) is 31.2 cm³/mol. The minimum atomic E-state index is -0.172. The van der Waals surface area contributed by atoms with Crippen LogP contribution in [0.2, 0.25) is 0 Å². The Morgan fingerprint density at radius 2 is 2.67 bits per heavy atom. The molecule has 46 valence electrons. The van der Waals surface area contributed by atoms with Crippen LogP contribution >= 0.6 is 0 Å². The SMILES string of the molecule is CC(=O)NC1=N[C]=C[N]1. The van der Waals surface area contributed by atoms with Crippen LogP contribution in [0.15, 0.2) is 11.2 Å². The predicted octanol–water partition coefficient (Wildman–Crippen LogP) is -0.629. The van der Waals surface area contributed by atoms with Gasteiger partial charge in [-0.15, -0.1) is 0 Å². The van der Waals surface area contributed by atoms with E-state index in [0.29, 0.717) is 5.96 Å². The highest BCUT2D eigenvalue weighted by atomic mass is 16.1. The Bertz CT molecular complexity index is 183. The number of nitrogens with one attached hydrogen (secondary N) is 1. The second kappa shape index (κ2) is 2.30. The molecule has 1 amide bonds. The topological polar surface area (TPSA) is 55.6 Å². The van der Waals surface area contributed by atoms with Gasteiger partial charge in [0.15, 0.2) is 0 Å². The molecule has 0 fully saturated rings. The summed E-state index contributed by atoms with van der Waals surface area (Å²) in [7, 11) is 0. The molecule has 4 nitrogen and oxygen atoms in total. The Kier molecular flexibility index (Phi) is 1.48. The number of rotatable bonds is 0. The van der Waals surface area contributed by atoms with E-state index in [0.717, 1.165) is 0 Å². The lowest BCUT2D eigenvalue weighted by atomic mass is 10.7. The molecule has 1 rings (SSSR count). The molecule has 0 saturated carbocycles. The van der Waals surface area contributed by atoms with Gasteiger partial charge in [-0.05, 0) is 0 Å². The second-order valence-corrected chi connectivity index (χ2v) is 1.50. The van der Waals surface area contributed by atoms with Crippen LogP contribution in [0, 0.1) is 6.20 Å². The lowest BCUT2D eigenvalue weighted by Gasteiger charge is -1.95. The largest absolute Gasteiger partial charge is 0.295 e. The maximum Gasteiger partial charge on any atom is 0.230 e. The maximum atomic E-state index is 10.3. The number of carbonyl (C=O) groups is 1. The van der Waals surface area contributed by atoms with Crippen LogP contribution in [0.4, 0.5) is 0 Å². The summed E-state index contributed by atoms with van der Waals surface area (Å²) >= 11 is 0. The van der Waals surface area contributed by atoms with E-state index < -0.39 is 0 Å². The van der Waals surface area contributed by atoms with Gasteiger partial charge in [-0.25, -0.2) is 10.3 Å². The molecule has 0 aromatic carbocycles. The van der Waals surface area contributed by atoms with Crippen molar-refractivity contribution in [2.75, 3.05) is 0 Å². The number of hydrogen-bond donors (Lipinski definition) is 1. The number of guanidine groups is 1. The Morgan fingerprint density at radius 3 is 3.11 bits per heavy atom. The Hall–Kier alpha value is -1.32. The molecule has 0 aliphatic carbocycles. The highest BCUT2D eigenvalue weighted by molar-refractivity contribution is 5.96. The molecule has 9 heavy (non-hydrogen) atoms. The van der Waals surface area contributed by atoms with Crippen LogP contribution in [-0.4, -0.2) is 11.9 Å². The van der Waals surface area contributed by atoms with E-state index in [1.165, 1.54) is 13.1 Å². The zero-order valence-electron chi connectivity index (χ0n) is 4.88. The normalized spacial score (nSPS) is 14.6. The van der Waals surface area contributed by atoms with Gasteiger partial charge in [0.2, 0.25) is 11.9 Å². The molecule has 0 aromatic heterocycles. The van der Waals surface area contributed by atoms with Crippen molar-refractivity contribution in [3.63, 3.8) is 0 Å². The number of carbonyl (C=O) groups excluding carboxylic acids is 1. The Labute approximate surface area is 52.7 Å². The molecular formula is C5H5N3O. The first-order valence-electron chi connectivity index (χ1n) is 2.42. The third-order valence-electron chi connectivity index (χ3n) is 0.703. The maximum absolute atomic E-state index is 10.3. The van der Waals surface area contributed by atoms with Gasteiger partial charge in [0.1, 0.15) is 6.20 Å². The summed E-state index contributed by atoms with van der Waals surface area (Å²) in [5, 5.41) is 6.05. The van der Waals surface area contributed by atoms with E-state index in [4.69, 9.17) is 0 Å². The van der Waals surface area contributed by atoms with Crippen LogP contribution in [0.1, 0.15) is 6.92 Å². The van der Waals surface area contributed by atoms with Crippen molar-refractivity contribution in [3.8, 4) is 0 Å². The van der Waals surface area contributed by atoms with E-state index in [1.54, 1.807) is 0 Å². The number of hydrogen-bond acceptors (Lipinski definition) is 2. The lowest BCUT2D eigenvalue weighted by molar-refractivity contribution is -0.117. The molecule has 0 bridgehead atoms. The molecule has 1 aliphatic rings. The highest BCUT2D eigenvalue weighted by Gasteiger charge is 2.02. The van der Waals surface area contributed by atoms with Crippen LogP contribution in [-0.2, 0) is 4.79 Å². The second-order valence-electron chi connectivity index (χ2n) is 1.50. The van der Waals surface area contributed by atoms with Crippen molar-refractivity contribution >= 4 is 11.9 Å². The minimum absolute atomic E-state index is 0.172. The summed E-state index contributed by atoms with van der Waals surface area (Å²) in [6, 6.07) is 0. The first kappa shape index (κ1) is 5.81. The van der Waals surface area contributed by atoms with Crippen LogP contribution in [0.3, 0.4) is 0 Å². The fourth-order valence-corrected chi connectivity index (χ4v) is 0.427. The summed E-state index contributed by atoms with van der Waals surface area (Å²) in [6.07, 6.45) is 3.85. The fourth-order valence-electron chi connectivity index (χ4n) is 0.427. The van der Waals surface area contributed by atoms with Crippen molar-refractivity contribution in [3.05, 3.63) is 12.4 Å². The van der Waals surface area contributed by atoms with Crippen molar-refractivity contribution in [2.45, 2.75) is 6.92 Å². The fraction of sp³-hybridized carbons (Fsp3) is 0.200. The quantitative estimate of drug-likeness (QED) is 0.458. The van der Waals surface area contributed by atoms with Crippen molar-refractivity contribution in [1.29, 1.82) is 0 Å². The first-order valence-corrected chi connectivity index (χ1v) is 2.42. The highest BCUT2D eigenvalue weighted by Crippen LogP contribution is 1.83. The average molecular weight is 123 g/mol. The lowest BCUT2D eigenvalue weighted by Crippen LogP contribution is -2.31. The molecule has 2 radical (unpaired) electrons. The van der Waals surface area contributed by atoms with E-state index in [9.17, 15) is 4.79 Å². The summed E-state index contributed by atoms with van der Waals surface area (Å²) in [4.78, 5) is 13.9. The third-order valence-corrected chi connectivity index (χ3v) is 0.703. The summed E-state index contributed by atoms with van der Waals surface area (Å²) in [6.45, 7) is 1.40. The van der Waals surface area contributed by atoms with Crippen molar-refractivity contribution in [2.24, 2.45) is 4.99 Å². The van der Waals surface area contributed by atoms with Crippen LogP contribution in [0.25, 0.3) is 0 Å². The number of amides is 1. The van der Waals surface area contributed by atoms with E-state index in [1.807, 2.05) is 0 Å². The molecule has 1 aliphatic heterocycles. The van der Waals surface area contributed by atoms with Gasteiger partial charge in [-0.2, -0.15) is 0 Å². The van der Waals surface area contributed by atoms with E-state index in [-0.39, 0.29) is 5.91 Å².